The van der Waals surface area contributed by atoms with Gasteiger partial charge in [0, 0.05) is 16.8 Å². The lowest BCUT2D eigenvalue weighted by Gasteiger charge is -2.19. The molecule has 0 fully saturated rings. The summed E-state index contributed by atoms with van der Waals surface area (Å²) in [4.78, 5) is 9.33. The van der Waals surface area contributed by atoms with Crippen molar-refractivity contribution in [1.29, 1.82) is 0 Å². The van der Waals surface area contributed by atoms with Crippen LogP contribution in [-0.4, -0.2) is 9.97 Å². The van der Waals surface area contributed by atoms with Gasteiger partial charge in [0.1, 0.15) is 5.82 Å². The second-order valence-corrected chi connectivity index (χ2v) is 4.99. The first kappa shape index (κ1) is 12.1. The first-order valence-electron chi connectivity index (χ1n) is 6.72. The van der Waals surface area contributed by atoms with Crippen molar-refractivity contribution in [3.63, 3.8) is 0 Å². The Morgan fingerprint density at radius 3 is 2.68 bits per heavy atom. The number of benzene rings is 1. The molecular weight excluding hydrogens is 236 g/mol. The molecule has 1 aliphatic rings. The molecule has 1 aliphatic carbocycles. The molecule has 19 heavy (non-hydrogen) atoms. The molecule has 0 atom stereocenters. The Kier molecular flexibility index (Phi) is 3.17. The number of rotatable bonds is 2. The Bertz CT molecular complexity index is 590. The molecule has 4 heteroatoms. The van der Waals surface area contributed by atoms with E-state index in [4.69, 9.17) is 10.8 Å². The number of nitrogens with one attached hydrogen (secondary N) is 1. The second kappa shape index (κ2) is 4.97. The standard InChI is InChI=1S/C15H18N4/c1-10-6-2-3-7-11(10)14-17-13-9-5-4-8-12(13)15(18-14)19-16/h2-3,6-7H,4-5,8-9,16H2,1H3,(H,17,18,19). The highest BCUT2D eigenvalue weighted by Gasteiger charge is 2.18. The van der Waals surface area contributed by atoms with Crippen LogP contribution in [0.5, 0.6) is 0 Å². The predicted molar refractivity (Wildman–Crippen MR) is 76.7 cm³/mol. The Balaban J connectivity index is 2.15. The SMILES string of the molecule is Cc1ccccc1-c1nc2c(c(NN)n1)CCCC2. The molecule has 0 radical (unpaired) electrons. The number of nitrogens with two attached hydrogens (primary N) is 1. The lowest BCUT2D eigenvalue weighted by atomic mass is 9.96. The van der Waals surface area contributed by atoms with Gasteiger partial charge in [-0.2, -0.15) is 0 Å². The predicted octanol–water partition coefficient (Wildman–Crippen LogP) is 2.62. The highest BCUT2D eigenvalue weighted by atomic mass is 15.3. The Labute approximate surface area is 113 Å². The van der Waals surface area contributed by atoms with Gasteiger partial charge < -0.3 is 5.43 Å². The molecule has 0 spiro atoms. The highest BCUT2D eigenvalue weighted by Crippen LogP contribution is 2.28. The summed E-state index contributed by atoms with van der Waals surface area (Å²) in [5.41, 5.74) is 7.32. The molecule has 0 amide bonds. The summed E-state index contributed by atoms with van der Waals surface area (Å²) >= 11 is 0. The number of hydrogen-bond donors (Lipinski definition) is 2. The summed E-state index contributed by atoms with van der Waals surface area (Å²) in [7, 11) is 0. The van der Waals surface area contributed by atoms with Crippen LogP contribution in [0.25, 0.3) is 11.4 Å². The molecule has 0 aliphatic heterocycles. The number of aromatic nitrogens is 2. The molecule has 98 valence electrons. The molecule has 0 saturated carbocycles. The van der Waals surface area contributed by atoms with Crippen LogP contribution < -0.4 is 11.3 Å². The van der Waals surface area contributed by atoms with Crippen molar-refractivity contribution >= 4 is 5.82 Å². The van der Waals surface area contributed by atoms with Gasteiger partial charge in [0.15, 0.2) is 5.82 Å². The maximum Gasteiger partial charge on any atom is 0.162 e. The average molecular weight is 254 g/mol. The third kappa shape index (κ3) is 2.19. The fourth-order valence-electron chi connectivity index (χ4n) is 2.66. The van der Waals surface area contributed by atoms with Crippen molar-refractivity contribution in [2.75, 3.05) is 5.43 Å². The number of hydrazine groups is 1. The zero-order chi connectivity index (χ0) is 13.2. The van der Waals surface area contributed by atoms with Gasteiger partial charge in [-0.25, -0.2) is 15.8 Å². The fraction of sp³-hybridized carbons (Fsp3) is 0.333. The first-order valence-corrected chi connectivity index (χ1v) is 6.72. The summed E-state index contributed by atoms with van der Waals surface area (Å²) in [6, 6.07) is 8.17. The van der Waals surface area contributed by atoms with E-state index in [0.717, 1.165) is 35.7 Å². The molecule has 1 heterocycles. The van der Waals surface area contributed by atoms with E-state index in [9.17, 15) is 0 Å². The smallest absolute Gasteiger partial charge is 0.162 e. The topological polar surface area (TPSA) is 63.8 Å². The van der Waals surface area contributed by atoms with E-state index < -0.39 is 0 Å². The summed E-state index contributed by atoms with van der Waals surface area (Å²) in [5, 5.41) is 0. The van der Waals surface area contributed by atoms with Crippen LogP contribution in [-0.2, 0) is 12.8 Å². The number of nitrogens with zero attached hydrogens (tertiary/aromatic N) is 2. The van der Waals surface area contributed by atoms with Crippen molar-refractivity contribution in [2.24, 2.45) is 5.84 Å². The van der Waals surface area contributed by atoms with Crippen molar-refractivity contribution in [3.8, 4) is 11.4 Å². The van der Waals surface area contributed by atoms with Gasteiger partial charge >= 0.3 is 0 Å². The molecule has 0 bridgehead atoms. The maximum absolute atomic E-state index is 5.62. The van der Waals surface area contributed by atoms with Crippen LogP contribution in [0.3, 0.4) is 0 Å². The summed E-state index contributed by atoms with van der Waals surface area (Å²) < 4.78 is 0. The van der Waals surface area contributed by atoms with Crippen molar-refractivity contribution in [1.82, 2.24) is 9.97 Å². The molecule has 2 aromatic rings. The number of aryl methyl sites for hydroxylation is 2. The van der Waals surface area contributed by atoms with Crippen LogP contribution in [0.15, 0.2) is 24.3 Å². The van der Waals surface area contributed by atoms with Gasteiger partial charge in [-0.1, -0.05) is 24.3 Å². The molecule has 3 N–H and O–H groups in total. The monoisotopic (exact) mass is 254 g/mol. The normalized spacial score (nSPS) is 14.0. The Morgan fingerprint density at radius 2 is 1.89 bits per heavy atom. The van der Waals surface area contributed by atoms with Crippen LogP contribution in [0.4, 0.5) is 5.82 Å². The maximum atomic E-state index is 5.62. The van der Waals surface area contributed by atoms with E-state index in [1.807, 2.05) is 12.1 Å². The molecular formula is C15H18N4. The van der Waals surface area contributed by atoms with Gasteiger partial charge in [0.05, 0.1) is 0 Å². The van der Waals surface area contributed by atoms with Gasteiger partial charge in [-0.05, 0) is 38.2 Å². The quantitative estimate of drug-likeness (QED) is 0.638. The van der Waals surface area contributed by atoms with Crippen molar-refractivity contribution in [3.05, 3.63) is 41.1 Å². The average Bonchev–Trinajstić information content (AvgIpc) is 2.46. The molecule has 0 unspecified atom stereocenters. The highest BCUT2D eigenvalue weighted by molar-refractivity contribution is 5.63. The van der Waals surface area contributed by atoms with Gasteiger partial charge in [0.25, 0.3) is 0 Å². The van der Waals surface area contributed by atoms with E-state index in [1.54, 1.807) is 0 Å². The van der Waals surface area contributed by atoms with E-state index in [0.29, 0.717) is 0 Å². The van der Waals surface area contributed by atoms with Crippen molar-refractivity contribution < 1.29 is 0 Å². The number of fused-ring (bicyclic) bond motifs is 1. The molecule has 1 aromatic carbocycles. The molecule has 3 rings (SSSR count). The van der Waals surface area contributed by atoms with Gasteiger partial charge in [-0.3, -0.25) is 0 Å². The van der Waals surface area contributed by atoms with E-state index in [2.05, 4.69) is 29.5 Å². The number of anilines is 1. The minimum atomic E-state index is 0.770. The van der Waals surface area contributed by atoms with E-state index in [-0.39, 0.29) is 0 Å². The minimum Gasteiger partial charge on any atom is -0.308 e. The lowest BCUT2D eigenvalue weighted by Crippen LogP contribution is -2.17. The molecule has 4 nitrogen and oxygen atoms in total. The number of hydrogen-bond acceptors (Lipinski definition) is 4. The summed E-state index contributed by atoms with van der Waals surface area (Å²) in [5.74, 6) is 7.17. The first-order chi connectivity index (χ1) is 9.29. The second-order valence-electron chi connectivity index (χ2n) is 4.99. The Hall–Kier alpha value is -1.94. The molecule has 1 aromatic heterocycles. The minimum absolute atomic E-state index is 0.770. The summed E-state index contributed by atoms with van der Waals surface area (Å²) in [6.45, 7) is 2.08. The third-order valence-corrected chi connectivity index (χ3v) is 3.71. The zero-order valence-electron chi connectivity index (χ0n) is 11.1. The number of nitrogen functional groups attached to an aromatic ring is 1. The van der Waals surface area contributed by atoms with E-state index in [1.165, 1.54) is 24.0 Å². The van der Waals surface area contributed by atoms with Gasteiger partial charge in [0.2, 0.25) is 0 Å². The van der Waals surface area contributed by atoms with Crippen molar-refractivity contribution in [2.45, 2.75) is 32.6 Å². The van der Waals surface area contributed by atoms with Crippen LogP contribution >= 0.6 is 0 Å². The van der Waals surface area contributed by atoms with Gasteiger partial charge in [-0.15, -0.1) is 0 Å². The lowest BCUT2D eigenvalue weighted by molar-refractivity contribution is 0.665. The Morgan fingerprint density at radius 1 is 1.11 bits per heavy atom. The van der Waals surface area contributed by atoms with E-state index >= 15 is 0 Å². The third-order valence-electron chi connectivity index (χ3n) is 3.71. The molecule has 0 saturated heterocycles. The van der Waals surface area contributed by atoms with Crippen LogP contribution in [0, 0.1) is 6.92 Å². The zero-order valence-corrected chi connectivity index (χ0v) is 11.1. The van der Waals surface area contributed by atoms with Crippen LogP contribution in [0.1, 0.15) is 29.7 Å². The van der Waals surface area contributed by atoms with Crippen LogP contribution in [0.2, 0.25) is 0 Å². The largest absolute Gasteiger partial charge is 0.308 e. The fourth-order valence-corrected chi connectivity index (χ4v) is 2.66. The summed E-state index contributed by atoms with van der Waals surface area (Å²) in [6.07, 6.45) is 4.42.